The highest BCUT2D eigenvalue weighted by Crippen LogP contribution is 2.09. The van der Waals surface area contributed by atoms with Crippen LogP contribution in [0.2, 0.25) is 0 Å². The average Bonchev–Trinajstić information content (AvgIpc) is 2.65. The first-order valence-electron chi connectivity index (χ1n) is 7.92. The van der Waals surface area contributed by atoms with Gasteiger partial charge in [-0.25, -0.2) is 0 Å². The second kappa shape index (κ2) is 7.23. The van der Waals surface area contributed by atoms with E-state index < -0.39 is 8.07 Å². The van der Waals surface area contributed by atoms with E-state index in [-0.39, 0.29) is 0 Å². The Morgan fingerprint density at radius 1 is 0.609 bits per heavy atom. The Labute approximate surface area is 139 Å². The minimum absolute atomic E-state index is 0.557. The summed E-state index contributed by atoms with van der Waals surface area (Å²) < 4.78 is 0. The van der Waals surface area contributed by atoms with Gasteiger partial charge < -0.3 is 5.73 Å². The smallest absolute Gasteiger partial charge is 0.172 e. The summed E-state index contributed by atoms with van der Waals surface area (Å²) in [4.78, 5) is 0. The minimum atomic E-state index is -2.21. The summed E-state index contributed by atoms with van der Waals surface area (Å²) in [6.07, 6.45) is 2.11. The number of rotatable bonds is 5. The molecule has 3 aromatic rings. The van der Waals surface area contributed by atoms with E-state index in [1.54, 1.807) is 0 Å². The lowest BCUT2D eigenvalue weighted by molar-refractivity contribution is 1.26. The summed E-state index contributed by atoms with van der Waals surface area (Å²) in [6, 6.07) is 32.4. The highest BCUT2D eigenvalue weighted by molar-refractivity contribution is 7.14. The molecule has 0 aliphatic rings. The van der Waals surface area contributed by atoms with Crippen molar-refractivity contribution in [1.82, 2.24) is 0 Å². The summed E-state index contributed by atoms with van der Waals surface area (Å²) >= 11 is 0. The third kappa shape index (κ3) is 3.04. The summed E-state index contributed by atoms with van der Waals surface area (Å²) in [7, 11) is -2.21. The predicted molar refractivity (Wildman–Crippen MR) is 102 cm³/mol. The largest absolute Gasteiger partial charge is 0.327 e. The van der Waals surface area contributed by atoms with Crippen LogP contribution < -0.4 is 21.3 Å². The summed E-state index contributed by atoms with van der Waals surface area (Å²) in [5.74, 6) is 0. The fraction of sp³-hybridized carbons (Fsp3) is 0.0476. The molecule has 0 saturated carbocycles. The standard InChI is InChI=1S/C21H21NSi/c22-17-10-18-23(19-11-4-1-5-12-19,20-13-6-2-7-14-20)21-15-8-3-9-16-21/h1-16,18H,17,22H2/b18-10+. The van der Waals surface area contributed by atoms with Crippen LogP contribution in [0.5, 0.6) is 0 Å². The molecule has 3 rings (SSSR count). The van der Waals surface area contributed by atoms with E-state index in [1.807, 2.05) is 0 Å². The zero-order chi connectivity index (χ0) is 16.0. The van der Waals surface area contributed by atoms with Gasteiger partial charge >= 0.3 is 0 Å². The Bertz CT molecular complexity index is 655. The third-order valence-electron chi connectivity index (χ3n) is 4.19. The van der Waals surface area contributed by atoms with E-state index in [2.05, 4.69) is 103 Å². The van der Waals surface area contributed by atoms with Crippen molar-refractivity contribution < 1.29 is 0 Å². The van der Waals surface area contributed by atoms with E-state index in [0.717, 1.165) is 0 Å². The van der Waals surface area contributed by atoms with Crippen LogP contribution in [0.3, 0.4) is 0 Å². The van der Waals surface area contributed by atoms with Crippen LogP contribution in [-0.2, 0) is 0 Å². The van der Waals surface area contributed by atoms with Crippen LogP contribution in [0.1, 0.15) is 0 Å². The molecular weight excluding hydrogens is 294 g/mol. The van der Waals surface area contributed by atoms with Gasteiger partial charge in [0.2, 0.25) is 0 Å². The molecule has 0 spiro atoms. The Kier molecular flexibility index (Phi) is 4.86. The molecule has 0 aliphatic carbocycles. The van der Waals surface area contributed by atoms with Crippen molar-refractivity contribution in [3.8, 4) is 0 Å². The van der Waals surface area contributed by atoms with Gasteiger partial charge in [-0.15, -0.1) is 0 Å². The molecular formula is C21H21NSi. The van der Waals surface area contributed by atoms with Crippen LogP contribution in [-0.4, -0.2) is 14.6 Å². The Balaban J connectivity index is 2.33. The molecule has 1 nitrogen and oxygen atoms in total. The summed E-state index contributed by atoms with van der Waals surface area (Å²) in [6.45, 7) is 0.557. The van der Waals surface area contributed by atoms with Crippen molar-refractivity contribution in [1.29, 1.82) is 0 Å². The minimum Gasteiger partial charge on any atom is -0.327 e. The molecule has 0 bridgehead atoms. The quantitative estimate of drug-likeness (QED) is 0.567. The molecule has 23 heavy (non-hydrogen) atoms. The topological polar surface area (TPSA) is 26.0 Å². The molecule has 2 N–H and O–H groups in total. The number of benzene rings is 3. The molecule has 0 amide bonds. The third-order valence-corrected chi connectivity index (χ3v) is 8.66. The second-order valence-electron chi connectivity index (χ2n) is 5.54. The average molecular weight is 315 g/mol. The number of hydrogen-bond donors (Lipinski definition) is 1. The molecule has 0 saturated heterocycles. The van der Waals surface area contributed by atoms with Gasteiger partial charge in [-0.1, -0.05) is 103 Å². The summed E-state index contributed by atoms with van der Waals surface area (Å²) in [5.41, 5.74) is 8.17. The lowest BCUT2D eigenvalue weighted by Gasteiger charge is -2.30. The Hall–Kier alpha value is -2.42. The molecule has 0 aromatic heterocycles. The molecule has 0 unspecified atom stereocenters. The second-order valence-corrected chi connectivity index (χ2v) is 9.23. The van der Waals surface area contributed by atoms with E-state index in [0.29, 0.717) is 6.54 Å². The molecule has 0 heterocycles. The van der Waals surface area contributed by atoms with Crippen LogP contribution >= 0.6 is 0 Å². The van der Waals surface area contributed by atoms with Gasteiger partial charge in [0.05, 0.1) is 0 Å². The first-order chi connectivity index (χ1) is 11.4. The lowest BCUT2D eigenvalue weighted by atomic mass is 10.3. The van der Waals surface area contributed by atoms with Gasteiger partial charge in [0.15, 0.2) is 8.07 Å². The Morgan fingerprint density at radius 2 is 0.957 bits per heavy atom. The molecule has 0 radical (unpaired) electrons. The SMILES string of the molecule is NC/C=C/[Si](c1ccccc1)(c1ccccc1)c1ccccc1. The lowest BCUT2D eigenvalue weighted by Crippen LogP contribution is -2.66. The molecule has 2 heteroatoms. The van der Waals surface area contributed by atoms with Crippen molar-refractivity contribution in [2.45, 2.75) is 0 Å². The highest BCUT2D eigenvalue weighted by atomic mass is 28.3. The maximum Gasteiger partial charge on any atom is 0.172 e. The van der Waals surface area contributed by atoms with E-state index >= 15 is 0 Å². The first kappa shape index (κ1) is 15.5. The monoisotopic (exact) mass is 315 g/mol. The molecule has 3 aromatic carbocycles. The first-order valence-corrected chi connectivity index (χ1v) is 10.00. The van der Waals surface area contributed by atoms with E-state index in [4.69, 9.17) is 5.73 Å². The number of hydrogen-bond acceptors (Lipinski definition) is 1. The van der Waals surface area contributed by atoms with Crippen LogP contribution in [0.15, 0.2) is 103 Å². The summed E-state index contributed by atoms with van der Waals surface area (Å²) in [5, 5.41) is 4.13. The van der Waals surface area contributed by atoms with Crippen LogP contribution in [0, 0.1) is 0 Å². The van der Waals surface area contributed by atoms with Crippen molar-refractivity contribution in [2.24, 2.45) is 5.73 Å². The van der Waals surface area contributed by atoms with Crippen molar-refractivity contribution in [3.05, 3.63) is 103 Å². The zero-order valence-electron chi connectivity index (χ0n) is 13.1. The number of nitrogens with two attached hydrogens (primary N) is 1. The molecule has 114 valence electrons. The fourth-order valence-electron chi connectivity index (χ4n) is 3.14. The predicted octanol–water partition coefficient (Wildman–Crippen LogP) is 2.21. The van der Waals surface area contributed by atoms with Crippen LogP contribution in [0.4, 0.5) is 0 Å². The van der Waals surface area contributed by atoms with Crippen molar-refractivity contribution in [2.75, 3.05) is 6.54 Å². The van der Waals surface area contributed by atoms with Crippen molar-refractivity contribution >= 4 is 23.6 Å². The highest BCUT2D eigenvalue weighted by Gasteiger charge is 2.36. The molecule has 0 atom stereocenters. The maximum atomic E-state index is 5.81. The molecule has 0 fully saturated rings. The van der Waals surface area contributed by atoms with Crippen LogP contribution in [0.25, 0.3) is 0 Å². The van der Waals surface area contributed by atoms with Gasteiger partial charge in [0, 0.05) is 6.54 Å². The fourth-order valence-corrected chi connectivity index (χ4v) is 7.36. The van der Waals surface area contributed by atoms with Gasteiger partial charge in [0.1, 0.15) is 0 Å². The van der Waals surface area contributed by atoms with Gasteiger partial charge in [-0.05, 0) is 15.6 Å². The van der Waals surface area contributed by atoms with Gasteiger partial charge in [-0.2, -0.15) is 0 Å². The normalized spacial score (nSPS) is 11.7. The molecule has 0 aliphatic heterocycles. The zero-order valence-corrected chi connectivity index (χ0v) is 14.1. The van der Waals surface area contributed by atoms with Gasteiger partial charge in [0.25, 0.3) is 0 Å². The van der Waals surface area contributed by atoms with E-state index in [9.17, 15) is 0 Å². The van der Waals surface area contributed by atoms with Gasteiger partial charge in [-0.3, -0.25) is 0 Å². The van der Waals surface area contributed by atoms with Crippen molar-refractivity contribution in [3.63, 3.8) is 0 Å². The van der Waals surface area contributed by atoms with E-state index in [1.165, 1.54) is 15.6 Å². The maximum absolute atomic E-state index is 5.81. The Morgan fingerprint density at radius 3 is 1.26 bits per heavy atom.